The van der Waals surface area contributed by atoms with Gasteiger partial charge in [0.15, 0.2) is 0 Å². The zero-order valence-electron chi connectivity index (χ0n) is 13.3. The number of urea groups is 1. The van der Waals surface area contributed by atoms with Gasteiger partial charge in [-0.15, -0.1) is 0 Å². The van der Waals surface area contributed by atoms with Gasteiger partial charge in [0.05, 0.1) is 5.56 Å². The third kappa shape index (κ3) is 4.87. The molecule has 2 rings (SSSR count). The molecule has 1 saturated heterocycles. The molecule has 1 aliphatic rings. The molecule has 0 radical (unpaired) electrons. The van der Waals surface area contributed by atoms with Crippen LogP contribution in [0.1, 0.15) is 24.5 Å². The smallest absolute Gasteiger partial charge is 0.354 e. The van der Waals surface area contributed by atoms with Crippen LogP contribution in [0.2, 0.25) is 0 Å². The minimum atomic E-state index is -4.42. The van der Waals surface area contributed by atoms with Crippen molar-refractivity contribution >= 4 is 11.9 Å². The number of rotatable bonds is 3. The fourth-order valence-corrected chi connectivity index (χ4v) is 2.63. The number of amides is 3. The summed E-state index contributed by atoms with van der Waals surface area (Å²) in [5.41, 5.74) is -0.541. The van der Waals surface area contributed by atoms with E-state index in [9.17, 15) is 22.8 Å². The second kappa shape index (κ2) is 7.55. The van der Waals surface area contributed by atoms with Gasteiger partial charge in [-0.3, -0.25) is 4.79 Å². The maximum Gasteiger partial charge on any atom is 0.416 e. The molecule has 2 N–H and O–H groups in total. The van der Waals surface area contributed by atoms with Gasteiger partial charge < -0.3 is 15.5 Å². The largest absolute Gasteiger partial charge is 0.416 e. The van der Waals surface area contributed by atoms with Crippen LogP contribution in [0.5, 0.6) is 0 Å². The fourth-order valence-electron chi connectivity index (χ4n) is 2.63. The number of nitrogens with one attached hydrogen (secondary N) is 2. The average molecular weight is 343 g/mol. The van der Waals surface area contributed by atoms with Crippen molar-refractivity contribution in [3.05, 3.63) is 35.4 Å². The minimum absolute atomic E-state index is 0.0758. The number of carbonyl (C=O) groups is 2. The van der Waals surface area contributed by atoms with Crippen LogP contribution in [-0.2, 0) is 17.4 Å². The molecule has 0 spiro atoms. The number of halogens is 3. The zero-order chi connectivity index (χ0) is 17.7. The summed E-state index contributed by atoms with van der Waals surface area (Å²) in [6, 6.07) is 4.51. The van der Waals surface area contributed by atoms with Gasteiger partial charge >= 0.3 is 12.2 Å². The van der Waals surface area contributed by atoms with Crippen molar-refractivity contribution in [2.75, 3.05) is 19.6 Å². The highest BCUT2D eigenvalue weighted by Gasteiger charge is 2.33. The Balaban J connectivity index is 1.97. The maximum absolute atomic E-state index is 13.0. The van der Waals surface area contributed by atoms with Crippen molar-refractivity contribution in [1.82, 2.24) is 15.5 Å². The summed E-state index contributed by atoms with van der Waals surface area (Å²) in [6.45, 7) is 2.71. The van der Waals surface area contributed by atoms with E-state index in [1.165, 1.54) is 17.0 Å². The first-order chi connectivity index (χ1) is 11.3. The van der Waals surface area contributed by atoms with Crippen molar-refractivity contribution in [2.24, 2.45) is 0 Å². The summed E-state index contributed by atoms with van der Waals surface area (Å²) in [4.78, 5) is 25.0. The fraction of sp³-hybridized carbons (Fsp3) is 0.500. The molecule has 1 atom stereocenters. The third-order valence-electron chi connectivity index (χ3n) is 3.82. The molecule has 1 fully saturated rings. The molecule has 0 aromatic heterocycles. The van der Waals surface area contributed by atoms with Crippen molar-refractivity contribution in [1.29, 1.82) is 0 Å². The second-order valence-corrected chi connectivity index (χ2v) is 5.80. The lowest BCUT2D eigenvalue weighted by atomic mass is 10.0. The van der Waals surface area contributed by atoms with Crippen molar-refractivity contribution < 1.29 is 22.8 Å². The van der Waals surface area contributed by atoms with Crippen LogP contribution >= 0.6 is 0 Å². The van der Waals surface area contributed by atoms with E-state index in [1.807, 2.05) is 0 Å². The number of hydrogen-bond donors (Lipinski definition) is 2. The van der Waals surface area contributed by atoms with Crippen molar-refractivity contribution in [3.8, 4) is 0 Å². The first-order valence-electron chi connectivity index (χ1n) is 7.74. The van der Waals surface area contributed by atoms with Gasteiger partial charge in [0, 0.05) is 32.1 Å². The summed E-state index contributed by atoms with van der Waals surface area (Å²) in [5.74, 6) is -0.113. The molecule has 1 aromatic rings. The van der Waals surface area contributed by atoms with E-state index >= 15 is 0 Å². The van der Waals surface area contributed by atoms with Gasteiger partial charge in [-0.2, -0.15) is 13.2 Å². The highest BCUT2D eigenvalue weighted by atomic mass is 19.4. The zero-order valence-corrected chi connectivity index (χ0v) is 13.3. The van der Waals surface area contributed by atoms with E-state index in [0.717, 1.165) is 6.07 Å². The molecule has 0 bridgehead atoms. The standard InChI is InChI=1S/C16H20F3N3O2/c1-11(10-12-4-2-3-5-13(12)16(17,18)19)21-15(24)22-8-6-14(23)20-7-9-22/h2-5,11H,6-10H2,1H3,(H,20,23)(H,21,24)/t11-/m0/s1. The Labute approximate surface area is 138 Å². The number of nitrogens with zero attached hydrogens (tertiary/aromatic N) is 1. The highest BCUT2D eigenvalue weighted by Crippen LogP contribution is 2.32. The molecule has 0 saturated carbocycles. The maximum atomic E-state index is 13.0. The quantitative estimate of drug-likeness (QED) is 0.884. The SMILES string of the molecule is C[C@@H](Cc1ccccc1C(F)(F)F)NC(=O)N1CCNC(=O)CC1. The molecule has 132 valence electrons. The van der Waals surface area contributed by atoms with E-state index < -0.39 is 17.8 Å². The topological polar surface area (TPSA) is 61.4 Å². The Morgan fingerprint density at radius 2 is 2.04 bits per heavy atom. The molecule has 24 heavy (non-hydrogen) atoms. The normalized spacial score (nSPS) is 17.0. The van der Waals surface area contributed by atoms with Crippen molar-refractivity contribution in [2.45, 2.75) is 32.0 Å². The van der Waals surface area contributed by atoms with Gasteiger partial charge in [0.2, 0.25) is 5.91 Å². The van der Waals surface area contributed by atoms with Gasteiger partial charge in [0.1, 0.15) is 0 Å². The molecule has 1 aromatic carbocycles. The molecule has 1 heterocycles. The predicted octanol–water partition coefficient (Wildman–Crippen LogP) is 2.17. The Bertz CT molecular complexity index is 604. The van der Waals surface area contributed by atoms with E-state index in [1.54, 1.807) is 13.0 Å². The molecule has 3 amide bonds. The first kappa shape index (κ1) is 18.1. The van der Waals surface area contributed by atoms with E-state index in [0.29, 0.717) is 19.6 Å². The molecular formula is C16H20F3N3O2. The first-order valence-corrected chi connectivity index (χ1v) is 7.74. The summed E-state index contributed by atoms with van der Waals surface area (Å²) >= 11 is 0. The van der Waals surface area contributed by atoms with Crippen LogP contribution in [0.15, 0.2) is 24.3 Å². The lowest BCUT2D eigenvalue weighted by molar-refractivity contribution is -0.138. The average Bonchev–Trinajstić information content (AvgIpc) is 2.71. The number of alkyl halides is 3. The molecule has 1 aliphatic heterocycles. The summed E-state index contributed by atoms with van der Waals surface area (Å²) in [7, 11) is 0. The van der Waals surface area contributed by atoms with E-state index in [4.69, 9.17) is 0 Å². The highest BCUT2D eigenvalue weighted by molar-refractivity contribution is 5.79. The number of benzene rings is 1. The number of carbonyl (C=O) groups excluding carboxylic acids is 2. The van der Waals surface area contributed by atoms with Gasteiger partial charge in [-0.1, -0.05) is 18.2 Å². The molecule has 0 aliphatic carbocycles. The van der Waals surface area contributed by atoms with Gasteiger partial charge in [0.25, 0.3) is 0 Å². The van der Waals surface area contributed by atoms with Crippen LogP contribution in [0.25, 0.3) is 0 Å². The Kier molecular flexibility index (Phi) is 5.69. The molecule has 0 unspecified atom stereocenters. The Morgan fingerprint density at radius 1 is 1.33 bits per heavy atom. The van der Waals surface area contributed by atoms with E-state index in [-0.39, 0.29) is 30.3 Å². The van der Waals surface area contributed by atoms with Gasteiger partial charge in [-0.05, 0) is 25.0 Å². The van der Waals surface area contributed by atoms with Crippen LogP contribution in [0.4, 0.5) is 18.0 Å². The lowest BCUT2D eigenvalue weighted by Crippen LogP contribution is -2.45. The Hall–Kier alpha value is -2.25. The molecule has 8 heteroatoms. The summed E-state index contributed by atoms with van der Waals surface area (Å²) in [5, 5.41) is 5.36. The lowest BCUT2D eigenvalue weighted by Gasteiger charge is -2.24. The van der Waals surface area contributed by atoms with Crippen LogP contribution in [-0.4, -0.2) is 42.5 Å². The predicted molar refractivity (Wildman–Crippen MR) is 82.3 cm³/mol. The van der Waals surface area contributed by atoms with E-state index in [2.05, 4.69) is 10.6 Å². The monoisotopic (exact) mass is 343 g/mol. The summed E-state index contributed by atoms with van der Waals surface area (Å²) in [6.07, 6.45) is -4.12. The van der Waals surface area contributed by atoms with Crippen LogP contribution in [0, 0.1) is 0 Å². The molecule has 5 nitrogen and oxygen atoms in total. The van der Waals surface area contributed by atoms with Crippen LogP contribution in [0.3, 0.4) is 0 Å². The Morgan fingerprint density at radius 3 is 2.75 bits per heavy atom. The van der Waals surface area contributed by atoms with Crippen LogP contribution < -0.4 is 10.6 Å². The second-order valence-electron chi connectivity index (χ2n) is 5.80. The third-order valence-corrected chi connectivity index (χ3v) is 3.82. The summed E-state index contributed by atoms with van der Waals surface area (Å²) < 4.78 is 39.0. The molecular weight excluding hydrogens is 323 g/mol. The minimum Gasteiger partial charge on any atom is -0.354 e. The van der Waals surface area contributed by atoms with Gasteiger partial charge in [-0.25, -0.2) is 4.79 Å². The number of hydrogen-bond acceptors (Lipinski definition) is 2. The van der Waals surface area contributed by atoms with Crippen molar-refractivity contribution in [3.63, 3.8) is 0 Å².